The van der Waals surface area contributed by atoms with Crippen LogP contribution in [0.1, 0.15) is 16.8 Å². The molecular weight excluding hydrogens is 498 g/mol. The monoisotopic (exact) mass is 523 g/mol. The van der Waals surface area contributed by atoms with E-state index < -0.39 is 18.0 Å². The van der Waals surface area contributed by atoms with Crippen LogP contribution in [0, 0.1) is 19.7 Å². The van der Waals surface area contributed by atoms with Crippen LogP contribution in [0.25, 0.3) is 5.65 Å². The number of hydrogen-bond acceptors (Lipinski definition) is 6. The summed E-state index contributed by atoms with van der Waals surface area (Å²) < 4.78 is 48.4. The second kappa shape index (κ2) is 10.2. The molecule has 5 rings (SSSR count). The van der Waals surface area contributed by atoms with Gasteiger partial charge in [0, 0.05) is 68.1 Å². The summed E-state index contributed by atoms with van der Waals surface area (Å²) in [6.07, 6.45) is 0.769. The lowest BCUT2D eigenvalue weighted by Crippen LogP contribution is -2.43. The molecule has 0 saturated carbocycles. The average molecular weight is 523 g/mol. The molecule has 3 N–H and O–H groups in total. The molecule has 0 spiro atoms. The quantitative estimate of drug-likeness (QED) is 0.442. The van der Waals surface area contributed by atoms with Crippen LogP contribution >= 0.6 is 0 Å². The Morgan fingerprint density at radius 2 is 1.81 bits per heavy atom. The first kappa shape index (κ1) is 26.1. The van der Waals surface area contributed by atoms with Gasteiger partial charge in [-0.2, -0.15) is 13.2 Å². The van der Waals surface area contributed by atoms with Gasteiger partial charge in [-0.15, -0.1) is 0 Å². The van der Waals surface area contributed by atoms with Gasteiger partial charge in [-0.1, -0.05) is 0 Å². The van der Waals surface area contributed by atoms with Crippen LogP contribution in [-0.2, 0) is 11.2 Å². The number of piperazine rings is 1. The number of fused-ring (bicyclic) bond motifs is 2. The van der Waals surface area contributed by atoms with Crippen LogP contribution in [0.4, 0.5) is 39.5 Å². The van der Waals surface area contributed by atoms with Crippen molar-refractivity contribution in [2.75, 3.05) is 47.8 Å². The molecule has 0 bridgehead atoms. The van der Waals surface area contributed by atoms with Crippen molar-refractivity contribution in [2.24, 2.45) is 0 Å². The third-order valence-corrected chi connectivity index (χ3v) is 6.06. The average Bonchev–Trinajstić information content (AvgIpc) is 3.46. The molecule has 10 nitrogen and oxygen atoms in total. The van der Waals surface area contributed by atoms with Crippen molar-refractivity contribution in [3.8, 4) is 0 Å². The maximum atomic E-state index is 14.9. The SMILES string of the molecule is Cc1cn2cc(NC(=O)N3CCc4c(N5CCNCC5)ccnc43)c(F)c(C)c2n1.O=C(O)C(F)(F)F. The summed E-state index contributed by atoms with van der Waals surface area (Å²) in [4.78, 5) is 34.7. The van der Waals surface area contributed by atoms with E-state index in [9.17, 15) is 22.4 Å². The number of urea groups is 1. The number of amides is 2. The number of halogens is 4. The minimum absolute atomic E-state index is 0.133. The summed E-state index contributed by atoms with van der Waals surface area (Å²) in [5, 5.41) is 13.2. The van der Waals surface area contributed by atoms with E-state index in [2.05, 4.69) is 25.5 Å². The third kappa shape index (κ3) is 5.43. The molecule has 2 amide bonds. The van der Waals surface area contributed by atoms with Gasteiger partial charge in [0.25, 0.3) is 0 Å². The van der Waals surface area contributed by atoms with Gasteiger partial charge in [-0.25, -0.2) is 23.9 Å². The maximum Gasteiger partial charge on any atom is 0.490 e. The zero-order valence-corrected chi connectivity index (χ0v) is 20.1. The predicted octanol–water partition coefficient (Wildman–Crippen LogP) is 3.12. The summed E-state index contributed by atoms with van der Waals surface area (Å²) >= 11 is 0. The first-order chi connectivity index (χ1) is 17.5. The van der Waals surface area contributed by atoms with Gasteiger partial charge in [-0.05, 0) is 26.3 Å². The predicted molar refractivity (Wildman–Crippen MR) is 128 cm³/mol. The number of aromatic nitrogens is 3. The summed E-state index contributed by atoms with van der Waals surface area (Å²) in [7, 11) is 0. The van der Waals surface area contributed by atoms with E-state index in [1.807, 2.05) is 19.2 Å². The number of anilines is 3. The molecule has 198 valence electrons. The smallest absolute Gasteiger partial charge is 0.475 e. The lowest BCUT2D eigenvalue weighted by Gasteiger charge is -2.31. The summed E-state index contributed by atoms with van der Waals surface area (Å²) in [5.74, 6) is -2.57. The molecule has 5 heterocycles. The zero-order valence-electron chi connectivity index (χ0n) is 20.1. The van der Waals surface area contributed by atoms with Crippen LogP contribution in [0.5, 0.6) is 0 Å². The second-order valence-electron chi connectivity index (χ2n) is 8.60. The van der Waals surface area contributed by atoms with Gasteiger partial charge < -0.3 is 25.0 Å². The fourth-order valence-electron chi connectivity index (χ4n) is 4.33. The Morgan fingerprint density at radius 1 is 1.14 bits per heavy atom. The van der Waals surface area contributed by atoms with E-state index in [0.29, 0.717) is 23.6 Å². The first-order valence-electron chi connectivity index (χ1n) is 11.4. The number of hydrogen-bond donors (Lipinski definition) is 3. The van der Waals surface area contributed by atoms with Crippen molar-refractivity contribution >= 4 is 34.8 Å². The minimum atomic E-state index is -5.08. The molecule has 0 aliphatic carbocycles. The molecule has 3 aromatic rings. The fourth-order valence-corrected chi connectivity index (χ4v) is 4.33. The topological polar surface area (TPSA) is 115 Å². The van der Waals surface area contributed by atoms with Gasteiger partial charge in [0.1, 0.15) is 11.5 Å². The van der Waals surface area contributed by atoms with Crippen molar-refractivity contribution in [1.82, 2.24) is 19.7 Å². The number of pyridine rings is 2. The Labute approximate surface area is 208 Å². The molecule has 37 heavy (non-hydrogen) atoms. The molecule has 1 saturated heterocycles. The van der Waals surface area contributed by atoms with Crippen molar-refractivity contribution < 1.29 is 32.3 Å². The standard InChI is InChI=1S/C21H24FN7O.C2HF3O2/c1-13-11-28-12-16(18(22)14(2)19(28)25-13)26-21(30)29-8-4-15-17(3-5-24-20(15)29)27-9-6-23-7-10-27;3-2(4,5)1(6)7/h3,5,11-12,23H,4,6-10H2,1-2H3,(H,26,30);(H,6,7). The van der Waals surface area contributed by atoms with Gasteiger partial charge >= 0.3 is 18.2 Å². The molecular formula is C23H25F4N7O3. The Bertz CT molecular complexity index is 1340. The van der Waals surface area contributed by atoms with Crippen LogP contribution in [0.15, 0.2) is 24.7 Å². The van der Waals surface area contributed by atoms with E-state index in [1.165, 1.54) is 0 Å². The maximum absolute atomic E-state index is 14.9. The van der Waals surface area contributed by atoms with E-state index in [1.54, 1.807) is 28.6 Å². The normalized spacial score (nSPS) is 15.3. The Balaban J connectivity index is 0.000000405. The second-order valence-corrected chi connectivity index (χ2v) is 8.60. The van der Waals surface area contributed by atoms with Crippen molar-refractivity contribution in [1.29, 1.82) is 0 Å². The minimum Gasteiger partial charge on any atom is -0.475 e. The molecule has 0 aromatic carbocycles. The fraction of sp³-hybridized carbons (Fsp3) is 0.391. The van der Waals surface area contributed by atoms with Crippen molar-refractivity contribution in [3.05, 3.63) is 47.3 Å². The number of nitrogens with zero attached hydrogens (tertiary/aromatic N) is 5. The lowest BCUT2D eigenvalue weighted by atomic mass is 10.1. The van der Waals surface area contributed by atoms with E-state index in [4.69, 9.17) is 9.90 Å². The summed E-state index contributed by atoms with van der Waals surface area (Å²) in [6, 6.07) is 1.64. The summed E-state index contributed by atoms with van der Waals surface area (Å²) in [6.45, 7) is 7.77. The van der Waals surface area contributed by atoms with Crippen LogP contribution in [0.3, 0.4) is 0 Å². The molecule has 3 aromatic heterocycles. The van der Waals surface area contributed by atoms with Gasteiger partial charge in [0.05, 0.1) is 11.4 Å². The Morgan fingerprint density at radius 3 is 2.46 bits per heavy atom. The van der Waals surface area contributed by atoms with E-state index in [0.717, 1.165) is 49.5 Å². The number of aryl methyl sites for hydroxylation is 2. The van der Waals surface area contributed by atoms with Gasteiger partial charge in [0.15, 0.2) is 5.82 Å². The lowest BCUT2D eigenvalue weighted by molar-refractivity contribution is -0.192. The number of carboxylic acid groups (broad SMARTS) is 1. The van der Waals surface area contributed by atoms with Crippen LogP contribution < -0.4 is 20.4 Å². The Hall–Kier alpha value is -3.94. The van der Waals surface area contributed by atoms with Crippen LogP contribution in [-0.4, -0.2) is 70.4 Å². The molecule has 2 aliphatic heterocycles. The number of nitrogens with one attached hydrogen (secondary N) is 2. The highest BCUT2D eigenvalue weighted by atomic mass is 19.4. The highest BCUT2D eigenvalue weighted by Crippen LogP contribution is 2.34. The summed E-state index contributed by atoms with van der Waals surface area (Å²) in [5.41, 5.74) is 4.09. The van der Waals surface area contributed by atoms with E-state index >= 15 is 0 Å². The van der Waals surface area contributed by atoms with Gasteiger partial charge in [-0.3, -0.25) is 4.90 Å². The number of aliphatic carboxylic acids is 1. The van der Waals surface area contributed by atoms with Gasteiger partial charge in [0.2, 0.25) is 0 Å². The number of carbonyl (C=O) groups is 2. The largest absolute Gasteiger partial charge is 0.490 e. The van der Waals surface area contributed by atoms with Crippen molar-refractivity contribution in [2.45, 2.75) is 26.4 Å². The number of rotatable bonds is 2. The number of alkyl halides is 3. The molecule has 0 radical (unpaired) electrons. The van der Waals surface area contributed by atoms with Crippen molar-refractivity contribution in [3.63, 3.8) is 0 Å². The molecule has 0 unspecified atom stereocenters. The number of carbonyl (C=O) groups excluding carboxylic acids is 1. The zero-order chi connectivity index (χ0) is 26.9. The number of imidazole rings is 1. The highest BCUT2D eigenvalue weighted by Gasteiger charge is 2.38. The molecule has 1 fully saturated rings. The molecule has 0 atom stereocenters. The van der Waals surface area contributed by atoms with Crippen LogP contribution in [0.2, 0.25) is 0 Å². The molecule has 2 aliphatic rings. The molecule has 14 heteroatoms. The third-order valence-electron chi connectivity index (χ3n) is 6.06. The Kier molecular flexibility index (Phi) is 7.21. The van der Waals surface area contributed by atoms with E-state index in [-0.39, 0.29) is 11.7 Å². The number of carboxylic acids is 1. The first-order valence-corrected chi connectivity index (χ1v) is 11.4. The highest BCUT2D eigenvalue weighted by molar-refractivity contribution is 6.03.